The standard InChI is InChI=1S/C29H34ClN3O4/c1-5-23-26(25(21-11-7-8-12-22(21)30)24(19(3)32-23)27(34)36-4)28(35)37-29(6-2)13-15-33(18-29)17-20-10-9-14-31-16-20/h7-12,14,16,25,32H,5-6,13,15,17-18H2,1-4H3/t25-,29-/m0/s1. The van der Waals surface area contributed by atoms with E-state index in [1.165, 1.54) is 7.11 Å². The Balaban J connectivity index is 1.68. The van der Waals surface area contributed by atoms with Gasteiger partial charge in [-0.2, -0.15) is 0 Å². The molecule has 8 heteroatoms. The lowest BCUT2D eigenvalue weighted by atomic mass is 9.79. The average Bonchev–Trinajstić information content (AvgIpc) is 3.30. The molecule has 0 spiro atoms. The molecule has 3 heterocycles. The second-order valence-corrected chi connectivity index (χ2v) is 10.0. The summed E-state index contributed by atoms with van der Waals surface area (Å²) in [5.41, 5.74) is 3.27. The van der Waals surface area contributed by atoms with Crippen LogP contribution in [0.1, 0.15) is 57.1 Å². The second-order valence-electron chi connectivity index (χ2n) is 9.60. The van der Waals surface area contributed by atoms with Gasteiger partial charge in [-0.3, -0.25) is 9.88 Å². The first-order valence-electron chi connectivity index (χ1n) is 12.7. The molecular weight excluding hydrogens is 490 g/mol. The van der Waals surface area contributed by atoms with Crippen LogP contribution in [0.25, 0.3) is 0 Å². The van der Waals surface area contributed by atoms with E-state index in [4.69, 9.17) is 21.1 Å². The van der Waals surface area contributed by atoms with Crippen LogP contribution in [0, 0.1) is 0 Å². The summed E-state index contributed by atoms with van der Waals surface area (Å²) >= 11 is 6.62. The minimum atomic E-state index is -0.702. The quantitative estimate of drug-likeness (QED) is 0.480. The van der Waals surface area contributed by atoms with Gasteiger partial charge in [-0.05, 0) is 43.0 Å². The molecule has 0 unspecified atom stereocenters. The number of dihydropyridines is 1. The largest absolute Gasteiger partial charge is 0.466 e. The number of carbonyl (C=O) groups is 2. The third-order valence-corrected chi connectivity index (χ3v) is 7.66. The van der Waals surface area contributed by atoms with Gasteiger partial charge >= 0.3 is 11.9 Å². The Morgan fingerprint density at radius 3 is 2.59 bits per heavy atom. The predicted octanol–water partition coefficient (Wildman–Crippen LogP) is 5.13. The van der Waals surface area contributed by atoms with Crippen molar-refractivity contribution in [2.45, 2.75) is 58.1 Å². The van der Waals surface area contributed by atoms with Crippen molar-refractivity contribution in [3.05, 3.63) is 87.5 Å². The number of carbonyl (C=O) groups excluding carboxylic acids is 2. The molecule has 0 saturated carbocycles. The molecule has 0 aliphatic carbocycles. The first-order chi connectivity index (χ1) is 17.8. The zero-order valence-electron chi connectivity index (χ0n) is 21.8. The van der Waals surface area contributed by atoms with Crippen LogP contribution in [0.5, 0.6) is 0 Å². The van der Waals surface area contributed by atoms with E-state index in [0.29, 0.717) is 46.8 Å². The van der Waals surface area contributed by atoms with Crippen molar-refractivity contribution in [1.82, 2.24) is 15.2 Å². The molecule has 1 N–H and O–H groups in total. The van der Waals surface area contributed by atoms with E-state index in [0.717, 1.165) is 30.8 Å². The highest BCUT2D eigenvalue weighted by Gasteiger charge is 2.44. The van der Waals surface area contributed by atoms with Crippen molar-refractivity contribution in [3.8, 4) is 0 Å². The number of allylic oxidation sites excluding steroid dienone is 2. The van der Waals surface area contributed by atoms with Crippen molar-refractivity contribution in [2.24, 2.45) is 0 Å². The number of hydrogen-bond acceptors (Lipinski definition) is 7. The molecule has 0 bridgehead atoms. The Kier molecular flexibility index (Phi) is 8.35. The Bertz CT molecular complexity index is 1230. The van der Waals surface area contributed by atoms with Crippen LogP contribution in [0.2, 0.25) is 5.02 Å². The molecular formula is C29H34ClN3O4. The molecule has 2 aliphatic rings. The number of nitrogens with zero attached hydrogens (tertiary/aromatic N) is 2. The highest BCUT2D eigenvalue weighted by atomic mass is 35.5. The van der Waals surface area contributed by atoms with Crippen molar-refractivity contribution in [2.75, 3.05) is 20.2 Å². The van der Waals surface area contributed by atoms with Crippen molar-refractivity contribution in [1.29, 1.82) is 0 Å². The Hall–Kier alpha value is -3.16. The number of likely N-dealkylation sites (tertiary alicyclic amines) is 1. The summed E-state index contributed by atoms with van der Waals surface area (Å²) in [4.78, 5) is 33.5. The molecule has 0 amide bonds. The third-order valence-electron chi connectivity index (χ3n) is 7.32. The lowest BCUT2D eigenvalue weighted by Gasteiger charge is -2.34. The summed E-state index contributed by atoms with van der Waals surface area (Å²) in [7, 11) is 1.34. The van der Waals surface area contributed by atoms with Gasteiger partial charge in [0.1, 0.15) is 5.60 Å². The van der Waals surface area contributed by atoms with E-state index in [1.54, 1.807) is 12.3 Å². The van der Waals surface area contributed by atoms with E-state index in [1.807, 2.05) is 57.3 Å². The van der Waals surface area contributed by atoms with Crippen LogP contribution < -0.4 is 5.32 Å². The number of hydrogen-bond donors (Lipinski definition) is 1. The number of rotatable bonds is 8. The fourth-order valence-corrected chi connectivity index (χ4v) is 5.57. The molecule has 0 radical (unpaired) electrons. The van der Waals surface area contributed by atoms with E-state index in [-0.39, 0.29) is 0 Å². The topological polar surface area (TPSA) is 80.8 Å². The van der Waals surface area contributed by atoms with Gasteiger partial charge in [0.2, 0.25) is 0 Å². The van der Waals surface area contributed by atoms with Gasteiger partial charge in [0.15, 0.2) is 0 Å². The maximum Gasteiger partial charge on any atom is 0.337 e. The summed E-state index contributed by atoms with van der Waals surface area (Å²) in [6.07, 6.45) is 5.59. The van der Waals surface area contributed by atoms with Gasteiger partial charge in [-0.15, -0.1) is 0 Å². The van der Waals surface area contributed by atoms with Crippen LogP contribution >= 0.6 is 11.6 Å². The Morgan fingerprint density at radius 1 is 1.16 bits per heavy atom. The minimum Gasteiger partial charge on any atom is -0.466 e. The maximum absolute atomic E-state index is 14.0. The molecule has 196 valence electrons. The third kappa shape index (κ3) is 5.58. The molecule has 1 aromatic heterocycles. The monoisotopic (exact) mass is 523 g/mol. The number of benzene rings is 1. The summed E-state index contributed by atoms with van der Waals surface area (Å²) < 4.78 is 11.5. The highest BCUT2D eigenvalue weighted by Crippen LogP contribution is 2.43. The molecule has 2 aromatic rings. The average molecular weight is 524 g/mol. The van der Waals surface area contributed by atoms with Gasteiger partial charge in [-0.1, -0.05) is 49.7 Å². The predicted molar refractivity (Wildman–Crippen MR) is 143 cm³/mol. The number of aromatic nitrogens is 1. The molecule has 1 fully saturated rings. The van der Waals surface area contributed by atoms with E-state index in [2.05, 4.69) is 15.2 Å². The first kappa shape index (κ1) is 26.9. The van der Waals surface area contributed by atoms with Crippen LogP contribution in [0.3, 0.4) is 0 Å². The van der Waals surface area contributed by atoms with Gasteiger partial charge in [0.25, 0.3) is 0 Å². The molecule has 4 rings (SSSR count). The minimum absolute atomic E-state index is 0.356. The van der Waals surface area contributed by atoms with Gasteiger partial charge in [-0.25, -0.2) is 9.59 Å². The smallest absolute Gasteiger partial charge is 0.337 e. The van der Waals surface area contributed by atoms with Crippen molar-refractivity contribution < 1.29 is 19.1 Å². The molecule has 7 nitrogen and oxygen atoms in total. The number of halogens is 1. The maximum atomic E-state index is 14.0. The van der Waals surface area contributed by atoms with Crippen LogP contribution in [-0.4, -0.2) is 47.6 Å². The lowest BCUT2D eigenvalue weighted by Crippen LogP contribution is -2.40. The number of pyridine rings is 1. The summed E-state index contributed by atoms with van der Waals surface area (Å²) in [6, 6.07) is 11.3. The molecule has 2 aliphatic heterocycles. The zero-order valence-corrected chi connectivity index (χ0v) is 22.6. The van der Waals surface area contributed by atoms with Gasteiger partial charge in [0, 0.05) is 54.9 Å². The molecule has 2 atom stereocenters. The summed E-state index contributed by atoms with van der Waals surface area (Å²) in [5, 5.41) is 3.75. The normalized spacial score (nSPS) is 22.1. The number of esters is 2. The van der Waals surface area contributed by atoms with Gasteiger partial charge in [0.05, 0.1) is 24.2 Å². The fourth-order valence-electron chi connectivity index (χ4n) is 5.33. The highest BCUT2D eigenvalue weighted by molar-refractivity contribution is 6.31. The van der Waals surface area contributed by atoms with E-state index in [9.17, 15) is 9.59 Å². The van der Waals surface area contributed by atoms with Crippen LogP contribution in [-0.2, 0) is 25.6 Å². The van der Waals surface area contributed by atoms with Crippen LogP contribution in [0.4, 0.5) is 0 Å². The van der Waals surface area contributed by atoms with E-state index >= 15 is 0 Å². The SMILES string of the molecule is CCC1=C(C(=O)O[C@@]2(CC)CCN(Cc3cccnc3)C2)[C@@H](c2ccccc2Cl)C(C(=O)OC)=C(C)N1. The number of ether oxygens (including phenoxy) is 2. The number of nitrogens with one attached hydrogen (secondary N) is 1. The zero-order chi connectivity index (χ0) is 26.6. The lowest BCUT2D eigenvalue weighted by molar-refractivity contribution is -0.154. The van der Waals surface area contributed by atoms with Crippen molar-refractivity contribution >= 4 is 23.5 Å². The molecule has 37 heavy (non-hydrogen) atoms. The van der Waals surface area contributed by atoms with E-state index < -0.39 is 23.5 Å². The summed E-state index contributed by atoms with van der Waals surface area (Å²) in [6.45, 7) is 8.01. The summed E-state index contributed by atoms with van der Waals surface area (Å²) in [5.74, 6) is -1.65. The second kappa shape index (κ2) is 11.5. The van der Waals surface area contributed by atoms with Crippen LogP contribution in [0.15, 0.2) is 71.3 Å². The van der Waals surface area contributed by atoms with Crippen molar-refractivity contribution in [3.63, 3.8) is 0 Å². The molecule has 1 saturated heterocycles. The van der Waals surface area contributed by atoms with Gasteiger partial charge < -0.3 is 14.8 Å². The first-order valence-corrected chi connectivity index (χ1v) is 13.1. The Labute approximate surface area is 223 Å². The fraction of sp³-hybridized carbons (Fsp3) is 0.414. The number of methoxy groups -OCH3 is 1. The Morgan fingerprint density at radius 2 is 1.95 bits per heavy atom. The molecule has 1 aromatic carbocycles.